The monoisotopic (exact) mass is 288 g/mol. The summed E-state index contributed by atoms with van der Waals surface area (Å²) in [6.07, 6.45) is 4.62. The number of thioether (sulfide) groups is 1. The third kappa shape index (κ3) is 4.36. The van der Waals surface area contributed by atoms with E-state index in [1.807, 2.05) is 0 Å². The highest BCUT2D eigenvalue weighted by molar-refractivity contribution is 7.99. The van der Waals surface area contributed by atoms with Gasteiger partial charge in [0.1, 0.15) is 5.75 Å². The van der Waals surface area contributed by atoms with Gasteiger partial charge in [0, 0.05) is 18.0 Å². The highest BCUT2D eigenvalue weighted by Gasteiger charge is 2.03. The molecule has 2 rings (SSSR count). The summed E-state index contributed by atoms with van der Waals surface area (Å²) in [5.41, 5.74) is 2.91. The molecule has 0 atom stereocenters. The molecule has 0 saturated heterocycles. The Morgan fingerprint density at radius 2 is 2.05 bits per heavy atom. The van der Waals surface area contributed by atoms with Crippen LogP contribution >= 0.6 is 11.8 Å². The molecule has 20 heavy (non-hydrogen) atoms. The normalized spacial score (nSPS) is 10.6. The predicted octanol–water partition coefficient (Wildman–Crippen LogP) is 1.42. The number of para-hydroxylation sites is 1. The van der Waals surface area contributed by atoms with E-state index in [-0.39, 0.29) is 17.4 Å². The van der Waals surface area contributed by atoms with Crippen LogP contribution in [-0.4, -0.2) is 32.9 Å². The van der Waals surface area contributed by atoms with Gasteiger partial charge < -0.3 is 5.11 Å². The van der Waals surface area contributed by atoms with Gasteiger partial charge in [-0.25, -0.2) is 15.4 Å². The van der Waals surface area contributed by atoms with E-state index in [9.17, 15) is 9.90 Å². The fourth-order valence-corrected chi connectivity index (χ4v) is 1.89. The number of amides is 1. The SMILES string of the molecule is O=C(CSc1ncccn1)NN=Cc1ccccc1O. The average molecular weight is 288 g/mol. The van der Waals surface area contributed by atoms with Crippen LogP contribution in [0.2, 0.25) is 0 Å². The number of benzene rings is 1. The Labute approximate surface area is 120 Å². The van der Waals surface area contributed by atoms with Crippen molar-refractivity contribution in [2.75, 3.05) is 5.75 Å². The first-order valence-electron chi connectivity index (χ1n) is 5.75. The highest BCUT2D eigenvalue weighted by Crippen LogP contribution is 2.12. The molecule has 6 nitrogen and oxygen atoms in total. The number of hydrogen-bond acceptors (Lipinski definition) is 6. The van der Waals surface area contributed by atoms with E-state index in [1.165, 1.54) is 18.0 Å². The molecule has 0 aliphatic rings. The smallest absolute Gasteiger partial charge is 0.250 e. The second-order valence-electron chi connectivity index (χ2n) is 3.67. The molecule has 2 aromatic rings. The van der Waals surface area contributed by atoms with Crippen LogP contribution < -0.4 is 5.43 Å². The number of phenolic OH excluding ortho intramolecular Hbond substituents is 1. The number of nitrogens with one attached hydrogen (secondary N) is 1. The first-order valence-corrected chi connectivity index (χ1v) is 6.74. The minimum absolute atomic E-state index is 0.109. The fourth-order valence-electron chi connectivity index (χ4n) is 1.29. The maximum atomic E-state index is 11.5. The molecule has 0 spiro atoms. The molecular weight excluding hydrogens is 276 g/mol. The summed E-state index contributed by atoms with van der Waals surface area (Å²) in [5, 5.41) is 13.8. The molecule has 0 bridgehead atoms. The van der Waals surface area contributed by atoms with Crippen LogP contribution in [0.1, 0.15) is 5.56 Å². The first kappa shape index (κ1) is 14.0. The Kier molecular flexibility index (Phi) is 5.08. The van der Waals surface area contributed by atoms with E-state index in [4.69, 9.17) is 0 Å². The molecule has 102 valence electrons. The molecule has 1 heterocycles. The number of carbonyl (C=O) groups is 1. The van der Waals surface area contributed by atoms with Gasteiger partial charge in [0.05, 0.1) is 12.0 Å². The zero-order valence-corrected chi connectivity index (χ0v) is 11.2. The van der Waals surface area contributed by atoms with Crippen LogP contribution in [0.5, 0.6) is 5.75 Å². The summed E-state index contributed by atoms with van der Waals surface area (Å²) in [7, 11) is 0. The number of hydrazone groups is 1. The molecule has 0 saturated carbocycles. The molecule has 1 aromatic heterocycles. The van der Waals surface area contributed by atoms with Gasteiger partial charge in [-0.2, -0.15) is 5.10 Å². The molecule has 1 amide bonds. The second-order valence-corrected chi connectivity index (χ2v) is 4.61. The molecular formula is C13H12N4O2S. The molecule has 1 aromatic carbocycles. The van der Waals surface area contributed by atoms with E-state index in [0.717, 1.165) is 0 Å². The zero-order chi connectivity index (χ0) is 14.2. The molecule has 0 unspecified atom stereocenters. The van der Waals surface area contributed by atoms with Crippen molar-refractivity contribution in [3.63, 3.8) is 0 Å². The highest BCUT2D eigenvalue weighted by atomic mass is 32.2. The average Bonchev–Trinajstić information content (AvgIpc) is 2.48. The molecule has 0 radical (unpaired) electrons. The standard InChI is InChI=1S/C13H12N4O2S/c18-11-5-2-1-4-10(11)8-16-17-12(19)9-20-13-14-6-3-7-15-13/h1-8,18H,9H2,(H,17,19). The summed E-state index contributed by atoms with van der Waals surface area (Å²) >= 11 is 1.22. The molecule has 7 heteroatoms. The summed E-state index contributed by atoms with van der Waals surface area (Å²) in [6.45, 7) is 0. The zero-order valence-electron chi connectivity index (χ0n) is 10.4. The topological polar surface area (TPSA) is 87.5 Å². The van der Waals surface area contributed by atoms with Crippen LogP contribution in [0.4, 0.5) is 0 Å². The number of aromatic nitrogens is 2. The Balaban J connectivity index is 1.79. The van der Waals surface area contributed by atoms with Crippen LogP contribution in [0.3, 0.4) is 0 Å². The van der Waals surface area contributed by atoms with Gasteiger partial charge in [0.15, 0.2) is 5.16 Å². The molecule has 0 aliphatic heterocycles. The summed E-state index contributed by atoms with van der Waals surface area (Å²) in [4.78, 5) is 19.5. The number of rotatable bonds is 5. The lowest BCUT2D eigenvalue weighted by molar-refractivity contribution is -0.118. The molecule has 0 aliphatic carbocycles. The van der Waals surface area contributed by atoms with Crippen molar-refractivity contribution in [2.24, 2.45) is 5.10 Å². The minimum Gasteiger partial charge on any atom is -0.507 e. The first-order chi connectivity index (χ1) is 9.75. The van der Waals surface area contributed by atoms with Crippen molar-refractivity contribution >= 4 is 23.9 Å². The minimum atomic E-state index is -0.269. The summed E-state index contributed by atoms with van der Waals surface area (Å²) in [5.74, 6) is 0.00830. The van der Waals surface area contributed by atoms with E-state index in [0.29, 0.717) is 10.7 Å². The quantitative estimate of drug-likeness (QED) is 0.376. The van der Waals surface area contributed by atoms with E-state index in [2.05, 4.69) is 20.5 Å². The van der Waals surface area contributed by atoms with Crippen molar-refractivity contribution in [1.29, 1.82) is 0 Å². The van der Waals surface area contributed by atoms with Gasteiger partial charge in [-0.15, -0.1) is 0 Å². The maximum absolute atomic E-state index is 11.5. The lowest BCUT2D eigenvalue weighted by Crippen LogP contribution is -2.19. The number of aromatic hydroxyl groups is 1. The second kappa shape index (κ2) is 7.25. The number of phenols is 1. The van der Waals surface area contributed by atoms with Gasteiger partial charge in [-0.05, 0) is 18.2 Å². The largest absolute Gasteiger partial charge is 0.507 e. The summed E-state index contributed by atoms with van der Waals surface area (Å²) < 4.78 is 0. The third-order valence-electron chi connectivity index (χ3n) is 2.20. The van der Waals surface area contributed by atoms with Crippen LogP contribution in [0, 0.1) is 0 Å². The maximum Gasteiger partial charge on any atom is 0.250 e. The van der Waals surface area contributed by atoms with E-state index < -0.39 is 0 Å². The Morgan fingerprint density at radius 3 is 2.80 bits per heavy atom. The van der Waals surface area contributed by atoms with Crippen molar-refractivity contribution in [1.82, 2.24) is 15.4 Å². The van der Waals surface area contributed by atoms with Crippen LogP contribution in [-0.2, 0) is 4.79 Å². The van der Waals surface area contributed by atoms with Gasteiger partial charge >= 0.3 is 0 Å². The number of carbonyl (C=O) groups excluding carboxylic acids is 1. The van der Waals surface area contributed by atoms with Gasteiger partial charge in [0.2, 0.25) is 0 Å². The van der Waals surface area contributed by atoms with Crippen molar-refractivity contribution in [3.05, 3.63) is 48.3 Å². The van der Waals surface area contributed by atoms with Crippen molar-refractivity contribution in [3.8, 4) is 5.75 Å². The van der Waals surface area contributed by atoms with Gasteiger partial charge in [-0.1, -0.05) is 23.9 Å². The number of hydrogen-bond donors (Lipinski definition) is 2. The van der Waals surface area contributed by atoms with Gasteiger partial charge in [-0.3, -0.25) is 4.79 Å². The van der Waals surface area contributed by atoms with Crippen molar-refractivity contribution < 1.29 is 9.90 Å². The Bertz CT molecular complexity index is 604. The Morgan fingerprint density at radius 1 is 1.30 bits per heavy atom. The van der Waals surface area contributed by atoms with Gasteiger partial charge in [0.25, 0.3) is 5.91 Å². The van der Waals surface area contributed by atoms with E-state index >= 15 is 0 Å². The number of nitrogens with zero attached hydrogens (tertiary/aromatic N) is 3. The molecule has 0 fully saturated rings. The lowest BCUT2D eigenvalue weighted by Gasteiger charge is -1.99. The predicted molar refractivity (Wildman–Crippen MR) is 76.6 cm³/mol. The van der Waals surface area contributed by atoms with Crippen molar-refractivity contribution in [2.45, 2.75) is 5.16 Å². The molecule has 2 N–H and O–H groups in total. The van der Waals surface area contributed by atoms with E-state index in [1.54, 1.807) is 42.7 Å². The van der Waals surface area contributed by atoms with Crippen LogP contribution in [0.15, 0.2) is 53.0 Å². The third-order valence-corrected chi connectivity index (χ3v) is 3.08. The Hall–Kier alpha value is -2.41. The van der Waals surface area contributed by atoms with Crippen LogP contribution in [0.25, 0.3) is 0 Å². The lowest BCUT2D eigenvalue weighted by atomic mass is 10.2. The fraction of sp³-hybridized carbons (Fsp3) is 0.0769. The summed E-state index contributed by atoms with van der Waals surface area (Å²) in [6, 6.07) is 8.43.